The zero-order valence-electron chi connectivity index (χ0n) is 17.9. The molecule has 0 aromatic carbocycles. The minimum Gasteiger partial charge on any atom is -0.389 e. The molecule has 0 radical (unpaired) electrons. The summed E-state index contributed by atoms with van der Waals surface area (Å²) >= 11 is 0. The number of piperidine rings is 1. The van der Waals surface area contributed by atoms with Crippen LogP contribution >= 0.6 is 0 Å². The maximum Gasteiger partial charge on any atom is 0.142 e. The summed E-state index contributed by atoms with van der Waals surface area (Å²) in [5.41, 5.74) is 2.73. The fourth-order valence-corrected chi connectivity index (χ4v) is 4.15. The van der Waals surface area contributed by atoms with Crippen LogP contribution in [-0.4, -0.2) is 60.8 Å². The first-order valence-electron chi connectivity index (χ1n) is 10.5. The molecule has 1 fully saturated rings. The molecule has 0 bridgehead atoms. The highest BCUT2D eigenvalue weighted by atomic mass is 16.3. The van der Waals surface area contributed by atoms with Gasteiger partial charge in [0.1, 0.15) is 5.78 Å². The van der Waals surface area contributed by atoms with E-state index in [2.05, 4.69) is 15.0 Å². The van der Waals surface area contributed by atoms with Crippen LogP contribution in [0, 0.1) is 5.92 Å². The fraction of sp³-hybridized carbons (Fsp3) is 0.478. The highest BCUT2D eigenvalue weighted by Crippen LogP contribution is 2.23. The van der Waals surface area contributed by atoms with E-state index < -0.39 is 5.60 Å². The average Bonchev–Trinajstić information content (AvgIpc) is 3.13. The lowest BCUT2D eigenvalue weighted by Gasteiger charge is -2.34. The number of ketones is 1. The molecule has 7 nitrogen and oxygen atoms in total. The molecule has 0 spiro atoms. The molecule has 1 saturated heterocycles. The van der Waals surface area contributed by atoms with Gasteiger partial charge in [0, 0.05) is 55.0 Å². The van der Waals surface area contributed by atoms with Crippen molar-refractivity contribution in [2.45, 2.75) is 38.7 Å². The zero-order valence-corrected chi connectivity index (χ0v) is 17.9. The topological polar surface area (TPSA) is 84.1 Å². The molecule has 4 rings (SSSR count). The summed E-state index contributed by atoms with van der Waals surface area (Å²) in [6.07, 6.45) is 7.54. The molecule has 1 N–H and O–H groups in total. The van der Waals surface area contributed by atoms with Crippen molar-refractivity contribution in [2.75, 3.05) is 19.6 Å². The van der Waals surface area contributed by atoms with Crippen LogP contribution in [0.1, 0.15) is 32.4 Å². The lowest BCUT2D eigenvalue weighted by Crippen LogP contribution is -2.44. The molecule has 3 aromatic rings. The second-order valence-electron chi connectivity index (χ2n) is 8.97. The Morgan fingerprint density at radius 3 is 2.67 bits per heavy atom. The third kappa shape index (κ3) is 4.91. The number of aromatic nitrogens is 4. The van der Waals surface area contributed by atoms with E-state index >= 15 is 0 Å². The molecule has 4 heterocycles. The molecule has 30 heavy (non-hydrogen) atoms. The molecule has 0 unspecified atom stereocenters. The van der Waals surface area contributed by atoms with E-state index in [4.69, 9.17) is 4.98 Å². The van der Waals surface area contributed by atoms with Gasteiger partial charge in [-0.1, -0.05) is 0 Å². The summed E-state index contributed by atoms with van der Waals surface area (Å²) in [5, 5.41) is 15.2. The quantitative estimate of drug-likeness (QED) is 0.676. The first-order chi connectivity index (χ1) is 14.3. The maximum atomic E-state index is 12.8. The summed E-state index contributed by atoms with van der Waals surface area (Å²) < 4.78 is 1.75. The van der Waals surface area contributed by atoms with Gasteiger partial charge in [0.2, 0.25) is 0 Å². The van der Waals surface area contributed by atoms with Gasteiger partial charge in [-0.15, -0.1) is 0 Å². The molecule has 1 aliphatic rings. The maximum absolute atomic E-state index is 12.8. The van der Waals surface area contributed by atoms with Crippen molar-refractivity contribution in [1.82, 2.24) is 24.6 Å². The standard InChI is InChI=1S/C23H29N5O2/c1-23(2,30)15-28-8-6-16(7-9-28)22(29)11-19-10-21-17(12-24-19)4-5-20(26-21)18-13-25-27(3)14-18/h4-5,10,12-14,16,30H,6-9,11,15H2,1-3H3. The fourth-order valence-electron chi connectivity index (χ4n) is 4.15. The minimum absolute atomic E-state index is 0.0650. The van der Waals surface area contributed by atoms with Crippen molar-refractivity contribution >= 4 is 16.7 Å². The SMILES string of the molecule is Cn1cc(-c2ccc3cnc(CC(=O)C4CCN(CC(C)(C)O)CC4)cc3n2)cn1. The average molecular weight is 408 g/mol. The van der Waals surface area contributed by atoms with Gasteiger partial charge in [-0.2, -0.15) is 5.10 Å². The molecule has 3 aromatic heterocycles. The Morgan fingerprint density at radius 1 is 1.23 bits per heavy atom. The van der Waals surface area contributed by atoms with Crippen LogP contribution < -0.4 is 0 Å². The van der Waals surface area contributed by atoms with Gasteiger partial charge in [-0.3, -0.25) is 14.5 Å². The minimum atomic E-state index is -0.701. The van der Waals surface area contributed by atoms with Crippen molar-refractivity contribution in [3.63, 3.8) is 0 Å². The van der Waals surface area contributed by atoms with Crippen LogP contribution in [0.4, 0.5) is 0 Å². The van der Waals surface area contributed by atoms with Crippen LogP contribution in [-0.2, 0) is 18.3 Å². The molecular weight excluding hydrogens is 378 g/mol. The Kier molecular flexibility index (Phi) is 5.66. The van der Waals surface area contributed by atoms with E-state index in [0.29, 0.717) is 13.0 Å². The van der Waals surface area contributed by atoms with E-state index in [-0.39, 0.29) is 11.7 Å². The molecule has 158 valence electrons. The number of hydrogen-bond acceptors (Lipinski definition) is 6. The number of carbonyl (C=O) groups excluding carboxylic acids is 1. The van der Waals surface area contributed by atoms with E-state index in [1.807, 2.05) is 45.3 Å². The second kappa shape index (κ2) is 8.24. The van der Waals surface area contributed by atoms with E-state index in [1.54, 1.807) is 17.1 Å². The molecule has 0 amide bonds. The lowest BCUT2D eigenvalue weighted by atomic mass is 9.89. The number of likely N-dealkylation sites (tertiary alicyclic amines) is 1. The molecular formula is C23H29N5O2. The van der Waals surface area contributed by atoms with E-state index in [1.165, 1.54) is 0 Å². The molecule has 0 atom stereocenters. The first-order valence-corrected chi connectivity index (χ1v) is 10.5. The summed E-state index contributed by atoms with van der Waals surface area (Å²) in [4.78, 5) is 24.3. The smallest absolute Gasteiger partial charge is 0.142 e. The van der Waals surface area contributed by atoms with Gasteiger partial charge in [0.25, 0.3) is 0 Å². The Balaban J connectivity index is 1.43. The Bertz CT molecular complexity index is 1050. The van der Waals surface area contributed by atoms with Crippen molar-refractivity contribution < 1.29 is 9.90 Å². The number of aliphatic hydroxyl groups is 1. The van der Waals surface area contributed by atoms with Crippen LogP contribution in [0.25, 0.3) is 22.2 Å². The number of aryl methyl sites for hydroxylation is 1. The van der Waals surface area contributed by atoms with Crippen LogP contribution in [0.15, 0.2) is 36.8 Å². The summed E-state index contributed by atoms with van der Waals surface area (Å²) in [6.45, 7) is 5.99. The van der Waals surface area contributed by atoms with Crippen molar-refractivity contribution in [3.05, 3.63) is 42.5 Å². The summed E-state index contributed by atoms with van der Waals surface area (Å²) in [7, 11) is 1.88. The Morgan fingerprint density at radius 2 is 2.00 bits per heavy atom. The number of fused-ring (bicyclic) bond motifs is 1. The normalized spacial score (nSPS) is 16.3. The molecule has 7 heteroatoms. The zero-order chi connectivity index (χ0) is 21.3. The summed E-state index contributed by atoms with van der Waals surface area (Å²) in [6, 6.07) is 5.89. The van der Waals surface area contributed by atoms with Gasteiger partial charge < -0.3 is 10.0 Å². The van der Waals surface area contributed by atoms with Gasteiger partial charge in [0.15, 0.2) is 0 Å². The number of rotatable bonds is 6. The molecule has 0 saturated carbocycles. The number of Topliss-reactive ketones (excluding diaryl/α,β-unsaturated/α-hetero) is 1. The van der Waals surface area contributed by atoms with Gasteiger partial charge in [-0.25, -0.2) is 4.98 Å². The van der Waals surface area contributed by atoms with Gasteiger partial charge in [0.05, 0.1) is 23.0 Å². The van der Waals surface area contributed by atoms with Gasteiger partial charge >= 0.3 is 0 Å². The third-order valence-corrected chi connectivity index (χ3v) is 5.64. The predicted molar refractivity (Wildman–Crippen MR) is 116 cm³/mol. The third-order valence-electron chi connectivity index (χ3n) is 5.64. The summed E-state index contributed by atoms with van der Waals surface area (Å²) in [5.74, 6) is 0.309. The molecule has 1 aliphatic heterocycles. The predicted octanol–water partition coefficient (Wildman–Crippen LogP) is 2.62. The van der Waals surface area contributed by atoms with E-state index in [9.17, 15) is 9.90 Å². The highest BCUT2D eigenvalue weighted by Gasteiger charge is 2.27. The highest BCUT2D eigenvalue weighted by molar-refractivity contribution is 5.85. The van der Waals surface area contributed by atoms with E-state index in [0.717, 1.165) is 53.8 Å². The Hall–Kier alpha value is -2.64. The number of β-amino-alcohol motifs (C(OH)–C–C–N with tert-alkyl or cyclic N) is 1. The largest absolute Gasteiger partial charge is 0.389 e. The second-order valence-corrected chi connectivity index (χ2v) is 8.97. The molecule has 0 aliphatic carbocycles. The monoisotopic (exact) mass is 407 g/mol. The van der Waals surface area contributed by atoms with Crippen LogP contribution in [0.3, 0.4) is 0 Å². The first kappa shape index (κ1) is 20.6. The van der Waals surface area contributed by atoms with Crippen molar-refractivity contribution in [2.24, 2.45) is 13.0 Å². The lowest BCUT2D eigenvalue weighted by molar-refractivity contribution is -0.123. The number of pyridine rings is 2. The van der Waals surface area contributed by atoms with Gasteiger partial charge in [-0.05, 0) is 58.0 Å². The van der Waals surface area contributed by atoms with Crippen molar-refractivity contribution in [3.8, 4) is 11.3 Å². The van der Waals surface area contributed by atoms with Crippen molar-refractivity contribution in [1.29, 1.82) is 0 Å². The van der Waals surface area contributed by atoms with Crippen LogP contribution in [0.2, 0.25) is 0 Å². The Labute approximate surface area is 176 Å². The number of hydrogen-bond donors (Lipinski definition) is 1. The number of nitrogens with zero attached hydrogens (tertiary/aromatic N) is 5. The number of carbonyl (C=O) groups is 1. The van der Waals surface area contributed by atoms with Crippen LogP contribution in [0.5, 0.6) is 0 Å².